The van der Waals surface area contributed by atoms with Crippen molar-refractivity contribution in [2.45, 2.75) is 30.8 Å². The van der Waals surface area contributed by atoms with Gasteiger partial charge in [-0.05, 0) is 35.1 Å². The molecule has 5 atom stereocenters. The molecule has 4 bridgehead atoms. The summed E-state index contributed by atoms with van der Waals surface area (Å²) in [5.41, 5.74) is 2.59. The Morgan fingerprint density at radius 3 is 1.48 bits per heavy atom. The van der Waals surface area contributed by atoms with Crippen LogP contribution in [0.15, 0.2) is 48.5 Å². The maximum Gasteiger partial charge on any atom is 0.322 e. The van der Waals surface area contributed by atoms with Crippen LogP contribution in [-0.4, -0.2) is 23.1 Å². The molecule has 2 saturated carbocycles. The SMILES string of the molecule is O=C1OC(=O)[C@]23C4c5ccccc5C(c5ccccc54)[C@]12[C@@H]1CC[C@H]3C1O. The molecule has 1 unspecified atom stereocenters. The summed E-state index contributed by atoms with van der Waals surface area (Å²) in [7, 11) is 0. The Hall–Kier alpha value is -2.46. The lowest BCUT2D eigenvalue weighted by Crippen LogP contribution is -2.61. The van der Waals surface area contributed by atoms with E-state index in [0.29, 0.717) is 0 Å². The number of aliphatic hydroxyl groups excluding tert-OH is 1. The molecule has 2 aromatic rings. The van der Waals surface area contributed by atoms with Crippen LogP contribution in [0.25, 0.3) is 0 Å². The van der Waals surface area contributed by atoms with Crippen LogP contribution in [0.4, 0.5) is 0 Å². The number of cyclic esters (lactones) is 2. The van der Waals surface area contributed by atoms with Crippen molar-refractivity contribution in [3.05, 3.63) is 70.8 Å². The zero-order valence-electron chi connectivity index (χ0n) is 14.6. The first-order chi connectivity index (χ1) is 13.1. The van der Waals surface area contributed by atoms with E-state index < -0.39 is 28.9 Å². The molecular weight excluding hydrogens is 340 g/mol. The van der Waals surface area contributed by atoms with Crippen molar-refractivity contribution in [2.75, 3.05) is 0 Å². The zero-order valence-corrected chi connectivity index (χ0v) is 14.6. The summed E-state index contributed by atoms with van der Waals surface area (Å²) in [4.78, 5) is 26.8. The lowest BCUT2D eigenvalue weighted by Gasteiger charge is -2.59. The minimum absolute atomic E-state index is 0.212. The number of fused-ring (bicyclic) bond motifs is 2. The molecule has 5 aliphatic carbocycles. The van der Waals surface area contributed by atoms with Gasteiger partial charge in [-0.3, -0.25) is 9.59 Å². The number of ether oxygens (including phenoxy) is 1. The Bertz CT molecular complexity index is 944. The first-order valence-electron chi connectivity index (χ1n) is 9.77. The van der Waals surface area contributed by atoms with E-state index in [4.69, 9.17) is 4.74 Å². The van der Waals surface area contributed by atoms with E-state index in [1.165, 1.54) is 0 Å². The topological polar surface area (TPSA) is 63.6 Å². The van der Waals surface area contributed by atoms with Crippen LogP contribution in [-0.2, 0) is 14.3 Å². The Kier molecular flexibility index (Phi) is 2.25. The minimum atomic E-state index is -0.959. The van der Waals surface area contributed by atoms with Crippen molar-refractivity contribution in [1.82, 2.24) is 0 Å². The summed E-state index contributed by atoms with van der Waals surface area (Å²) in [5, 5.41) is 11.2. The van der Waals surface area contributed by atoms with Gasteiger partial charge in [0.05, 0.1) is 6.10 Å². The third-order valence-corrected chi connectivity index (χ3v) is 8.48. The summed E-state index contributed by atoms with van der Waals surface area (Å²) in [6.45, 7) is 0. The van der Waals surface area contributed by atoms with Gasteiger partial charge in [-0.2, -0.15) is 0 Å². The number of carbonyl (C=O) groups excluding carboxylic acids is 2. The molecule has 0 spiro atoms. The Morgan fingerprint density at radius 2 is 1.11 bits per heavy atom. The van der Waals surface area contributed by atoms with E-state index in [-0.39, 0.29) is 23.7 Å². The van der Waals surface area contributed by atoms with E-state index in [9.17, 15) is 14.7 Å². The smallest absolute Gasteiger partial charge is 0.322 e. The number of aliphatic hydroxyl groups is 1. The molecular formula is C23H18O4. The summed E-state index contributed by atoms with van der Waals surface area (Å²) in [5.74, 6) is -1.68. The van der Waals surface area contributed by atoms with Crippen LogP contribution in [0.5, 0.6) is 0 Å². The van der Waals surface area contributed by atoms with Crippen LogP contribution in [0.3, 0.4) is 0 Å². The second-order valence-electron chi connectivity index (χ2n) is 8.82. The van der Waals surface area contributed by atoms with Crippen LogP contribution in [0.1, 0.15) is 46.9 Å². The van der Waals surface area contributed by atoms with Crippen LogP contribution in [0.2, 0.25) is 0 Å². The molecule has 8 rings (SSSR count). The highest BCUT2D eigenvalue weighted by atomic mass is 16.6. The van der Waals surface area contributed by atoms with Gasteiger partial charge < -0.3 is 9.84 Å². The summed E-state index contributed by atoms with van der Waals surface area (Å²) < 4.78 is 5.44. The number of esters is 2. The van der Waals surface area contributed by atoms with Crippen molar-refractivity contribution < 1.29 is 19.4 Å². The molecule has 1 heterocycles. The van der Waals surface area contributed by atoms with Crippen LogP contribution >= 0.6 is 0 Å². The lowest BCUT2D eigenvalue weighted by molar-refractivity contribution is -0.158. The predicted octanol–water partition coefficient (Wildman–Crippen LogP) is 2.73. The van der Waals surface area contributed by atoms with Gasteiger partial charge >= 0.3 is 11.9 Å². The molecule has 2 aromatic carbocycles. The molecule has 1 saturated heterocycles. The Balaban J connectivity index is 1.71. The average molecular weight is 358 g/mol. The fourth-order valence-corrected chi connectivity index (χ4v) is 8.01. The monoisotopic (exact) mass is 358 g/mol. The number of rotatable bonds is 0. The lowest BCUT2D eigenvalue weighted by atomic mass is 9.38. The molecule has 0 radical (unpaired) electrons. The van der Waals surface area contributed by atoms with Gasteiger partial charge in [0.1, 0.15) is 10.8 Å². The second-order valence-corrected chi connectivity index (χ2v) is 8.82. The van der Waals surface area contributed by atoms with Gasteiger partial charge in [0.2, 0.25) is 0 Å². The van der Waals surface area contributed by atoms with Gasteiger partial charge in [-0.25, -0.2) is 0 Å². The third-order valence-electron chi connectivity index (χ3n) is 8.48. The molecule has 27 heavy (non-hydrogen) atoms. The standard InChI is InChI=1S/C23H18O4/c24-19-15-9-10-16(19)23-18-12-6-2-1-5-11(12)17(13-7-3-4-8-14(13)18)22(15,23)20(25)27-21(23)26/h1-8,15-19,24H,9-10H2/t15-,16+,17?,18?,19?,22-,23+. The molecule has 134 valence electrons. The number of carbonyl (C=O) groups is 2. The molecule has 1 aliphatic heterocycles. The molecule has 1 N–H and O–H groups in total. The Labute approximate surface area is 156 Å². The van der Waals surface area contributed by atoms with E-state index >= 15 is 0 Å². The first-order valence-corrected chi connectivity index (χ1v) is 9.77. The van der Waals surface area contributed by atoms with E-state index in [1.807, 2.05) is 24.3 Å². The molecule has 4 heteroatoms. The fraction of sp³-hybridized carbons (Fsp3) is 0.391. The minimum Gasteiger partial charge on any atom is -0.392 e. The van der Waals surface area contributed by atoms with E-state index in [2.05, 4.69) is 24.3 Å². The van der Waals surface area contributed by atoms with Gasteiger partial charge in [0.15, 0.2) is 0 Å². The third kappa shape index (κ3) is 1.15. The highest BCUT2D eigenvalue weighted by molar-refractivity contribution is 6.07. The number of hydrogen-bond donors (Lipinski definition) is 1. The normalized spacial score (nSPS) is 44.6. The maximum atomic E-state index is 13.4. The van der Waals surface area contributed by atoms with Gasteiger partial charge in [-0.15, -0.1) is 0 Å². The van der Waals surface area contributed by atoms with Crippen molar-refractivity contribution in [2.24, 2.45) is 22.7 Å². The second kappa shape index (κ2) is 4.17. The average Bonchev–Trinajstić information content (AvgIpc) is 3.27. The molecule has 0 amide bonds. The van der Waals surface area contributed by atoms with Crippen LogP contribution in [0, 0.1) is 22.7 Å². The molecule has 0 aromatic heterocycles. The summed E-state index contributed by atoms with van der Waals surface area (Å²) >= 11 is 0. The quantitative estimate of drug-likeness (QED) is 0.581. The number of benzene rings is 2. The van der Waals surface area contributed by atoms with Gasteiger partial charge in [-0.1, -0.05) is 48.5 Å². The highest BCUT2D eigenvalue weighted by Gasteiger charge is 2.89. The Morgan fingerprint density at radius 1 is 0.741 bits per heavy atom. The maximum absolute atomic E-state index is 13.4. The van der Waals surface area contributed by atoms with Gasteiger partial charge in [0.25, 0.3) is 0 Å². The van der Waals surface area contributed by atoms with Crippen molar-refractivity contribution in [1.29, 1.82) is 0 Å². The van der Waals surface area contributed by atoms with Gasteiger partial charge in [0, 0.05) is 23.7 Å². The predicted molar refractivity (Wildman–Crippen MR) is 94.8 cm³/mol. The zero-order chi connectivity index (χ0) is 18.1. The summed E-state index contributed by atoms with van der Waals surface area (Å²) in [6.07, 6.45) is 0.947. The largest absolute Gasteiger partial charge is 0.392 e. The van der Waals surface area contributed by atoms with Crippen LogP contribution < -0.4 is 0 Å². The van der Waals surface area contributed by atoms with E-state index in [1.54, 1.807) is 0 Å². The van der Waals surface area contributed by atoms with Crippen molar-refractivity contribution in [3.63, 3.8) is 0 Å². The first kappa shape index (κ1) is 14.6. The summed E-state index contributed by atoms with van der Waals surface area (Å²) in [6, 6.07) is 16.4. The molecule has 4 nitrogen and oxygen atoms in total. The van der Waals surface area contributed by atoms with Crippen molar-refractivity contribution >= 4 is 11.9 Å². The fourth-order valence-electron chi connectivity index (χ4n) is 8.01. The molecule has 6 aliphatic rings. The van der Waals surface area contributed by atoms with E-state index in [0.717, 1.165) is 35.1 Å². The highest BCUT2D eigenvalue weighted by Crippen LogP contribution is 2.83. The van der Waals surface area contributed by atoms with Crippen molar-refractivity contribution in [3.8, 4) is 0 Å². The number of hydrogen-bond acceptors (Lipinski definition) is 4. The molecule has 3 fully saturated rings.